The van der Waals surface area contributed by atoms with Crippen LogP contribution < -0.4 is 27.3 Å². The highest BCUT2D eigenvalue weighted by molar-refractivity contribution is 6.60. The lowest BCUT2D eigenvalue weighted by atomic mass is 9.79. The number of halogens is 2. The Balaban J connectivity index is 0.000000162. The van der Waals surface area contributed by atoms with Crippen molar-refractivity contribution < 1.29 is 76.7 Å². The third-order valence-corrected chi connectivity index (χ3v) is 15.8. The molecule has 12 rings (SSSR count). The highest BCUT2D eigenvalue weighted by atomic mass is 35.5. The van der Waals surface area contributed by atoms with E-state index in [9.17, 15) is 4.39 Å². The highest BCUT2D eigenvalue weighted by Gasteiger charge is 2.21. The molecule has 0 fully saturated rings. The molecule has 102 heavy (non-hydrogen) atoms. The Hall–Kier alpha value is -9.55. The number of benzene rings is 7. The lowest BCUT2D eigenvalue weighted by molar-refractivity contribution is 0.422. The van der Waals surface area contributed by atoms with Crippen molar-refractivity contribution in [2.45, 2.75) is 117 Å². The van der Waals surface area contributed by atoms with Gasteiger partial charge < -0.3 is 72.3 Å². The molecule has 0 aliphatic carbocycles. The smallest absolute Gasteiger partial charge is 0.441 e. The minimum absolute atomic E-state index is 0.184. The molecule has 0 aliphatic rings. The minimum Gasteiger partial charge on any atom is -0.441 e. The number of hydrogen-bond donors (Lipinski definition) is 10. The summed E-state index contributed by atoms with van der Waals surface area (Å²) in [6.07, 6.45) is 15.9. The molecule has 0 saturated heterocycles. The monoisotopic (exact) mass is 1410 g/mol. The van der Waals surface area contributed by atoms with Gasteiger partial charge in [0.15, 0.2) is 0 Å². The summed E-state index contributed by atoms with van der Waals surface area (Å²) < 4.78 is 41.6. The van der Waals surface area contributed by atoms with Crippen molar-refractivity contribution in [3.05, 3.63) is 227 Å². The lowest BCUT2D eigenvalue weighted by Gasteiger charge is -2.03. The van der Waals surface area contributed by atoms with Crippen molar-refractivity contribution >= 4 is 74.5 Å². The van der Waals surface area contributed by atoms with Gasteiger partial charge in [0.25, 0.3) is 0 Å². The second-order valence-corrected chi connectivity index (χ2v) is 23.8. The molecule has 0 bridgehead atoms. The van der Waals surface area contributed by atoms with Crippen molar-refractivity contribution in [1.29, 1.82) is 0 Å². The second kappa shape index (κ2) is 40.8. The summed E-state index contributed by atoms with van der Waals surface area (Å²) >= 11 is 6.09. The van der Waals surface area contributed by atoms with E-state index >= 15 is 0 Å². The molecule has 0 spiro atoms. The van der Waals surface area contributed by atoms with Crippen LogP contribution in [0.5, 0.6) is 0 Å². The maximum absolute atomic E-state index is 13.6. The molecule has 5 heterocycles. The Morgan fingerprint density at radius 3 is 1.20 bits per heavy atom. The number of nitrogens with zero attached hydrogens (tertiary/aromatic N) is 9. The Bertz CT molecular complexity index is 4380. The molecule has 31 heteroatoms. The molecule has 24 nitrogen and oxygen atoms in total. The predicted octanol–water partition coefficient (Wildman–Crippen LogP) is 7.05. The van der Waals surface area contributed by atoms with Crippen LogP contribution >= 0.6 is 11.6 Å². The van der Waals surface area contributed by atoms with Crippen molar-refractivity contribution in [3.63, 3.8) is 0 Å². The number of hydrogen-bond acceptors (Lipinski definition) is 24. The number of aromatic nitrogens is 9. The maximum Gasteiger partial charge on any atom is 0.491 e. The summed E-state index contributed by atoms with van der Waals surface area (Å²) in [6, 6.07) is 49.0. The Morgan fingerprint density at radius 1 is 0.353 bits per heavy atom. The first kappa shape index (κ1) is 78.2. The van der Waals surface area contributed by atoms with Gasteiger partial charge in [0.1, 0.15) is 11.6 Å². The fourth-order valence-corrected chi connectivity index (χ4v) is 10.1. The van der Waals surface area contributed by atoms with Gasteiger partial charge in [-0.1, -0.05) is 180 Å². The molecular formula is C71H78B5ClFN9O15. The van der Waals surface area contributed by atoms with Crippen LogP contribution in [-0.2, 0) is 38.5 Å². The van der Waals surface area contributed by atoms with E-state index in [-0.39, 0.29) is 11.4 Å². The fourth-order valence-electron chi connectivity index (χ4n) is 9.79. The zero-order valence-corrected chi connectivity index (χ0v) is 57.3. The van der Waals surface area contributed by atoms with E-state index in [1.54, 1.807) is 79.0 Å². The van der Waals surface area contributed by atoms with Crippen LogP contribution in [0.15, 0.2) is 198 Å². The van der Waals surface area contributed by atoms with Gasteiger partial charge in [-0.05, 0) is 119 Å². The third kappa shape index (κ3) is 24.6. The molecule has 7 aromatic carbocycles. The van der Waals surface area contributed by atoms with Crippen molar-refractivity contribution in [2.24, 2.45) is 0 Å². The van der Waals surface area contributed by atoms with E-state index in [2.05, 4.69) is 78.7 Å². The fraction of sp³-hybridized carbons (Fsp3) is 0.254. The van der Waals surface area contributed by atoms with E-state index in [1.807, 2.05) is 60.7 Å². The SMILES string of the molecule is CCCCCc1nnc(-c2ccc(B(O)O)c(F)c2)o1.CCCCCc1nnc(-c2ccc(B(O)O)cc2)o1.CCCCCc1nnc(-c2ccc(B(O)O)cc2Cl)o1.OB(O)c1ccc(-c2nnc(CCc3ccccc3)o2)cc1.OB(O)c1ccc(Cc2cnc(-c3ccccc3)o2)cc1. The first-order valence-corrected chi connectivity index (χ1v) is 33.8. The van der Waals surface area contributed by atoms with Gasteiger partial charge in [-0.3, -0.25) is 0 Å². The molecule has 12 aromatic rings. The molecule has 0 amide bonds. The Labute approximate surface area is 595 Å². The largest absolute Gasteiger partial charge is 0.491 e. The molecule has 0 aliphatic heterocycles. The van der Waals surface area contributed by atoms with Crippen LogP contribution in [-0.4, -0.2) is 132 Å². The van der Waals surface area contributed by atoms with E-state index in [0.29, 0.717) is 104 Å². The zero-order chi connectivity index (χ0) is 72.8. The molecule has 526 valence electrons. The Morgan fingerprint density at radius 2 is 0.755 bits per heavy atom. The lowest BCUT2D eigenvalue weighted by Crippen LogP contribution is -2.32. The molecular weight excluding hydrogens is 1330 g/mol. The van der Waals surface area contributed by atoms with Crippen LogP contribution in [0.25, 0.3) is 57.3 Å². The van der Waals surface area contributed by atoms with Gasteiger partial charge in [-0.2, -0.15) is 0 Å². The summed E-state index contributed by atoms with van der Waals surface area (Å²) in [4.78, 5) is 4.28. The average molecular weight is 1410 g/mol. The molecule has 5 aromatic heterocycles. The average Bonchev–Trinajstić information content (AvgIpc) is 1.67. The van der Waals surface area contributed by atoms with E-state index in [0.717, 1.165) is 111 Å². The summed E-state index contributed by atoms with van der Waals surface area (Å²) in [7, 11) is -7.75. The van der Waals surface area contributed by atoms with Crippen LogP contribution in [0.4, 0.5) is 4.39 Å². The molecule has 0 atom stereocenters. The number of aryl methyl sites for hydroxylation is 5. The normalized spacial score (nSPS) is 10.7. The topological polar surface area (TPSA) is 384 Å². The van der Waals surface area contributed by atoms with Crippen LogP contribution in [0.3, 0.4) is 0 Å². The van der Waals surface area contributed by atoms with Crippen LogP contribution in [0.1, 0.15) is 119 Å². The van der Waals surface area contributed by atoms with Gasteiger partial charge in [0.2, 0.25) is 53.0 Å². The van der Waals surface area contributed by atoms with Crippen LogP contribution in [0.2, 0.25) is 5.02 Å². The van der Waals surface area contributed by atoms with Gasteiger partial charge in [-0.15, -0.1) is 40.8 Å². The maximum atomic E-state index is 13.6. The van der Waals surface area contributed by atoms with E-state index < -0.39 is 41.4 Å². The van der Waals surface area contributed by atoms with Gasteiger partial charge in [0.05, 0.1) is 16.8 Å². The van der Waals surface area contributed by atoms with Crippen molar-refractivity contribution in [2.75, 3.05) is 0 Å². The molecule has 0 saturated carbocycles. The molecule has 0 radical (unpaired) electrons. The highest BCUT2D eigenvalue weighted by Crippen LogP contribution is 2.27. The Kier molecular flexibility index (Phi) is 31.3. The minimum atomic E-state index is -1.84. The molecule has 10 N–H and O–H groups in total. The van der Waals surface area contributed by atoms with E-state index in [1.165, 1.54) is 23.8 Å². The summed E-state index contributed by atoms with van der Waals surface area (Å²) in [5.74, 6) is 4.49. The second-order valence-electron chi connectivity index (χ2n) is 23.4. The predicted molar refractivity (Wildman–Crippen MR) is 388 cm³/mol. The van der Waals surface area contributed by atoms with Crippen LogP contribution in [0, 0.1) is 5.82 Å². The summed E-state index contributed by atoms with van der Waals surface area (Å²) in [5, 5.41) is 123. The van der Waals surface area contributed by atoms with Crippen molar-refractivity contribution in [1.82, 2.24) is 45.8 Å². The van der Waals surface area contributed by atoms with Gasteiger partial charge >= 0.3 is 35.6 Å². The first-order valence-electron chi connectivity index (χ1n) is 33.4. The first-order chi connectivity index (χ1) is 49.4. The van der Waals surface area contributed by atoms with Gasteiger partial charge in [-0.25, -0.2) is 9.37 Å². The van der Waals surface area contributed by atoms with E-state index in [4.69, 9.17) is 83.9 Å². The number of oxazole rings is 1. The number of unbranched alkanes of at least 4 members (excludes halogenated alkanes) is 6. The van der Waals surface area contributed by atoms with Crippen molar-refractivity contribution in [3.8, 4) is 57.3 Å². The number of rotatable bonds is 27. The molecule has 0 unspecified atom stereocenters. The quantitative estimate of drug-likeness (QED) is 0.0182. The standard InChI is InChI=1S/C16H15BN2O3.C16H14BNO3.C13H16BClN2O3.C13H16BFN2O3.C13H17BN2O3/c20-17(21)14-9-7-13(8-10-14)16-19-18-15(22-16)11-6-12-4-2-1-3-5-12;19-17(20)14-8-6-12(7-9-14)10-15-11-18-16(21-15)13-4-2-1-3-5-13;1-2-3-4-5-12-16-17-13(20-12)10-7-6-9(14(18)19)8-11(10)15;1-2-3-4-5-12-16-17-13(20-12)9-6-7-10(14(18)19)11(15)8-9;1-2-3-4-5-12-15-16-13(19-12)10-6-8-11(9-7-10)14(17)18/h1-5,7-10,20-21H,6,11H2;1-9,11,19-20H,10H2;2*6-8,18-19H,2-5H2,1H3;6-9,17-18H,2-5H2,1H3. The third-order valence-electron chi connectivity index (χ3n) is 15.5. The zero-order valence-electron chi connectivity index (χ0n) is 56.5. The summed E-state index contributed by atoms with van der Waals surface area (Å²) in [5.41, 5.74) is 7.20. The van der Waals surface area contributed by atoms with Gasteiger partial charge in [0, 0.05) is 59.8 Å². The summed E-state index contributed by atoms with van der Waals surface area (Å²) in [6.45, 7) is 6.39.